The summed E-state index contributed by atoms with van der Waals surface area (Å²) < 4.78 is 2.32. The predicted octanol–water partition coefficient (Wildman–Crippen LogP) is 7.77. The van der Waals surface area contributed by atoms with Crippen LogP contribution in [0.1, 0.15) is 51.7 Å². The van der Waals surface area contributed by atoms with Crippen LogP contribution in [0, 0.1) is 0 Å². The Morgan fingerprint density at radius 3 is 2.26 bits per heavy atom. The van der Waals surface area contributed by atoms with Crippen molar-refractivity contribution >= 4 is 28.7 Å². The molecule has 0 N–H and O–H groups in total. The molecule has 0 radical (unpaired) electrons. The van der Waals surface area contributed by atoms with Crippen LogP contribution in [0.4, 0.5) is 11.4 Å². The lowest BCUT2D eigenvalue weighted by Gasteiger charge is -2.23. The van der Waals surface area contributed by atoms with Gasteiger partial charge in [-0.15, -0.1) is 0 Å². The van der Waals surface area contributed by atoms with Crippen molar-refractivity contribution in [2.75, 3.05) is 19.0 Å². The minimum Gasteiger partial charge on any atom is -0.347 e. The van der Waals surface area contributed by atoms with Gasteiger partial charge in [0.2, 0.25) is 5.69 Å². The molecule has 2 heterocycles. The van der Waals surface area contributed by atoms with E-state index in [-0.39, 0.29) is 10.8 Å². The summed E-state index contributed by atoms with van der Waals surface area (Å²) in [5, 5.41) is 0. The van der Waals surface area contributed by atoms with E-state index in [4.69, 9.17) is 11.6 Å². The van der Waals surface area contributed by atoms with E-state index in [1.165, 1.54) is 45.1 Å². The van der Waals surface area contributed by atoms with E-state index in [1.54, 1.807) is 5.54 Å². The van der Waals surface area contributed by atoms with Crippen molar-refractivity contribution in [3.05, 3.63) is 106 Å². The van der Waals surface area contributed by atoms with Crippen molar-refractivity contribution in [3.63, 3.8) is 0 Å². The lowest BCUT2D eigenvalue weighted by atomic mass is 9.77. The molecule has 1 aliphatic carbocycles. The van der Waals surface area contributed by atoms with Gasteiger partial charge in [-0.2, -0.15) is 4.58 Å². The number of para-hydroxylation sites is 2. The van der Waals surface area contributed by atoms with Gasteiger partial charge in [0.15, 0.2) is 5.71 Å². The lowest BCUT2D eigenvalue weighted by molar-refractivity contribution is -0.402. The van der Waals surface area contributed by atoms with Gasteiger partial charge in [0.1, 0.15) is 7.05 Å². The Hall–Kier alpha value is -2.84. The fourth-order valence-corrected chi connectivity index (χ4v) is 6.48. The molecule has 0 saturated carbocycles. The molecule has 0 amide bonds. The van der Waals surface area contributed by atoms with Crippen LogP contribution in [-0.2, 0) is 10.8 Å². The molecule has 0 fully saturated rings. The zero-order valence-corrected chi connectivity index (χ0v) is 21.9. The van der Waals surface area contributed by atoms with Gasteiger partial charge < -0.3 is 4.90 Å². The number of hydrogen-bond donors (Lipinski definition) is 0. The van der Waals surface area contributed by atoms with Crippen LogP contribution >= 0.6 is 11.6 Å². The van der Waals surface area contributed by atoms with E-state index >= 15 is 0 Å². The summed E-state index contributed by atoms with van der Waals surface area (Å²) in [5.41, 5.74) is 13.5. The Bertz CT molecular complexity index is 1330. The SMILES string of the molecule is CN1C(=CC=C2C=C(C(=CCl)C3=[N+](C)c4ccccc4C3(C)C)CC2)C(C)(C)c2ccccc21. The van der Waals surface area contributed by atoms with Crippen LogP contribution in [0.5, 0.6) is 0 Å². The molecule has 0 atom stereocenters. The smallest absolute Gasteiger partial charge is 0.209 e. The molecule has 2 aliphatic heterocycles. The van der Waals surface area contributed by atoms with E-state index in [0.29, 0.717) is 0 Å². The van der Waals surface area contributed by atoms with E-state index in [9.17, 15) is 0 Å². The van der Waals surface area contributed by atoms with Gasteiger partial charge in [0.25, 0.3) is 0 Å². The Morgan fingerprint density at radius 1 is 0.912 bits per heavy atom. The van der Waals surface area contributed by atoms with Crippen LogP contribution < -0.4 is 4.90 Å². The second-order valence-corrected chi connectivity index (χ2v) is 11.0. The molecule has 2 nitrogen and oxygen atoms in total. The molecule has 0 saturated heterocycles. The maximum Gasteiger partial charge on any atom is 0.209 e. The van der Waals surface area contributed by atoms with Crippen molar-refractivity contribution in [2.24, 2.45) is 0 Å². The second-order valence-electron chi connectivity index (χ2n) is 10.7. The molecular weight excluding hydrogens is 436 g/mol. The average molecular weight is 470 g/mol. The van der Waals surface area contributed by atoms with E-state index in [0.717, 1.165) is 18.4 Å². The Morgan fingerprint density at radius 2 is 1.59 bits per heavy atom. The minimum absolute atomic E-state index is 0.00698. The Kier molecular flexibility index (Phi) is 5.48. The summed E-state index contributed by atoms with van der Waals surface area (Å²) >= 11 is 6.51. The zero-order valence-electron chi connectivity index (χ0n) is 21.1. The highest BCUT2D eigenvalue weighted by Crippen LogP contribution is 2.47. The minimum atomic E-state index is -0.0935. The van der Waals surface area contributed by atoms with Crippen molar-refractivity contribution in [1.82, 2.24) is 0 Å². The molecule has 34 heavy (non-hydrogen) atoms. The van der Waals surface area contributed by atoms with E-state index in [1.807, 2.05) is 0 Å². The molecule has 3 aliphatic rings. The van der Waals surface area contributed by atoms with E-state index < -0.39 is 0 Å². The highest BCUT2D eigenvalue weighted by molar-refractivity contribution is 6.29. The third kappa shape index (κ3) is 3.34. The third-order valence-corrected chi connectivity index (χ3v) is 8.23. The molecule has 174 valence electrons. The zero-order chi connectivity index (χ0) is 24.3. The summed E-state index contributed by atoms with van der Waals surface area (Å²) in [6, 6.07) is 17.4. The maximum atomic E-state index is 6.51. The van der Waals surface area contributed by atoms with Gasteiger partial charge >= 0.3 is 0 Å². The monoisotopic (exact) mass is 469 g/mol. The highest BCUT2D eigenvalue weighted by Gasteiger charge is 2.46. The standard InChI is InChI=1S/C31H34ClN2/c1-30(2)24-11-7-9-13-26(24)33(5)28(30)18-16-21-15-17-22(19-21)23(20-32)29-31(3,4)25-12-8-10-14-27(25)34(29)6/h7-14,16,18-20H,15,17H2,1-6H3/q+1. The van der Waals surface area contributed by atoms with Gasteiger partial charge in [-0.3, -0.25) is 0 Å². The summed E-state index contributed by atoms with van der Waals surface area (Å²) in [5.74, 6) is 0. The van der Waals surface area contributed by atoms with Gasteiger partial charge in [-0.05, 0) is 55.5 Å². The molecule has 2 aromatic rings. The number of hydrogen-bond acceptors (Lipinski definition) is 1. The molecule has 5 rings (SSSR count). The topological polar surface area (TPSA) is 6.25 Å². The summed E-state index contributed by atoms with van der Waals surface area (Å²) in [6.45, 7) is 9.24. The summed E-state index contributed by atoms with van der Waals surface area (Å²) in [6.07, 6.45) is 9.01. The number of fused-ring (bicyclic) bond motifs is 2. The van der Waals surface area contributed by atoms with Gasteiger partial charge in [-0.1, -0.05) is 74.0 Å². The number of nitrogens with zero attached hydrogens (tertiary/aromatic N) is 2. The fraction of sp³-hybridized carbons (Fsp3) is 0.323. The number of allylic oxidation sites excluding steroid dienone is 7. The van der Waals surface area contributed by atoms with Crippen LogP contribution in [-0.4, -0.2) is 24.4 Å². The first-order valence-corrected chi connectivity index (χ1v) is 12.6. The number of benzene rings is 2. The van der Waals surface area contributed by atoms with Crippen LogP contribution in [0.15, 0.2) is 94.7 Å². The van der Waals surface area contributed by atoms with Crippen molar-refractivity contribution < 1.29 is 4.58 Å². The first kappa shape index (κ1) is 22.9. The lowest BCUT2D eigenvalue weighted by Crippen LogP contribution is -2.30. The van der Waals surface area contributed by atoms with Crippen molar-refractivity contribution in [2.45, 2.75) is 51.4 Å². The largest absolute Gasteiger partial charge is 0.347 e. The number of likely N-dealkylation sites (N-methyl/N-ethyl adjacent to an activating group) is 1. The van der Waals surface area contributed by atoms with Crippen molar-refractivity contribution in [1.29, 1.82) is 0 Å². The van der Waals surface area contributed by atoms with E-state index in [2.05, 4.69) is 118 Å². The van der Waals surface area contributed by atoms with Gasteiger partial charge in [0, 0.05) is 41.0 Å². The predicted molar refractivity (Wildman–Crippen MR) is 146 cm³/mol. The van der Waals surface area contributed by atoms with Crippen LogP contribution in [0.25, 0.3) is 0 Å². The molecule has 0 aromatic heterocycles. The molecular formula is C31H34ClN2+. The van der Waals surface area contributed by atoms with Gasteiger partial charge in [0.05, 0.1) is 11.0 Å². The third-order valence-electron chi connectivity index (χ3n) is 8.01. The number of rotatable bonds is 3. The normalized spacial score (nSPS) is 23.1. The maximum absolute atomic E-state index is 6.51. The fourth-order valence-electron chi connectivity index (χ4n) is 6.23. The molecule has 0 bridgehead atoms. The Balaban J connectivity index is 1.48. The highest BCUT2D eigenvalue weighted by atomic mass is 35.5. The van der Waals surface area contributed by atoms with Gasteiger partial charge in [-0.25, -0.2) is 0 Å². The molecule has 2 aromatic carbocycles. The van der Waals surface area contributed by atoms with Crippen molar-refractivity contribution in [3.8, 4) is 0 Å². The summed E-state index contributed by atoms with van der Waals surface area (Å²) in [7, 11) is 4.34. The average Bonchev–Trinajstić information content (AvgIpc) is 3.42. The van der Waals surface area contributed by atoms with Crippen LogP contribution in [0.3, 0.4) is 0 Å². The second kappa shape index (κ2) is 8.13. The molecule has 3 heteroatoms. The first-order chi connectivity index (χ1) is 16.2. The molecule has 0 spiro atoms. The van der Waals surface area contributed by atoms with Crippen LogP contribution in [0.2, 0.25) is 0 Å². The molecule has 0 unspecified atom stereocenters. The Labute approximate surface area is 209 Å². The number of halogens is 1. The number of anilines is 1. The first-order valence-electron chi connectivity index (χ1n) is 12.1. The summed E-state index contributed by atoms with van der Waals surface area (Å²) in [4.78, 5) is 2.33. The quantitative estimate of drug-likeness (QED) is 0.416.